The Balaban J connectivity index is 1.98. The molecule has 5 nitrogen and oxygen atoms in total. The van der Waals surface area contributed by atoms with Crippen molar-refractivity contribution in [1.82, 2.24) is 0 Å². The summed E-state index contributed by atoms with van der Waals surface area (Å²) >= 11 is 0. The van der Waals surface area contributed by atoms with Crippen LogP contribution in [0.25, 0.3) is 10.9 Å². The zero-order valence-corrected chi connectivity index (χ0v) is 11.5. The minimum atomic E-state index is -0.352. The number of nitrogens with zero attached hydrogens (tertiary/aromatic N) is 3. The third kappa shape index (κ3) is 1.60. The number of pyridine rings is 1. The summed E-state index contributed by atoms with van der Waals surface area (Å²) in [6, 6.07) is 9.58. The van der Waals surface area contributed by atoms with Crippen LogP contribution in [0, 0.1) is 10.1 Å². The fraction of sp³-hybridized carbons (Fsp3) is 0.188. The first-order valence-electron chi connectivity index (χ1n) is 6.87. The van der Waals surface area contributed by atoms with E-state index in [2.05, 4.69) is 40.8 Å². The Morgan fingerprint density at radius 1 is 1.19 bits per heavy atom. The zero-order valence-electron chi connectivity index (χ0n) is 11.5. The molecule has 104 valence electrons. The number of non-ortho nitro benzene ring substituents is 1. The molecule has 2 aliphatic rings. The fourth-order valence-electron chi connectivity index (χ4n) is 3.31. The Bertz CT molecular complexity index is 826. The fourth-order valence-corrected chi connectivity index (χ4v) is 3.31. The van der Waals surface area contributed by atoms with E-state index in [1.54, 1.807) is 12.1 Å². The summed E-state index contributed by atoms with van der Waals surface area (Å²) in [5.41, 5.74) is 1.16. The van der Waals surface area contributed by atoms with E-state index in [1.807, 2.05) is 18.2 Å². The van der Waals surface area contributed by atoms with Crippen LogP contribution in [-0.4, -0.2) is 18.0 Å². The molecule has 2 unspecified atom stereocenters. The number of likely N-dealkylation sites (N-methyl/N-ethyl adjacent to an activating group) is 1. The van der Waals surface area contributed by atoms with Gasteiger partial charge in [-0.2, -0.15) is 0 Å². The lowest BCUT2D eigenvalue weighted by Crippen LogP contribution is -2.39. The van der Waals surface area contributed by atoms with Gasteiger partial charge in [0, 0.05) is 23.6 Å². The maximum atomic E-state index is 10.9. The molecule has 4 rings (SSSR count). The summed E-state index contributed by atoms with van der Waals surface area (Å²) in [6.45, 7) is 0. The molecule has 2 aromatic rings. The first-order chi connectivity index (χ1) is 10.2. The second kappa shape index (κ2) is 4.15. The van der Waals surface area contributed by atoms with Crippen molar-refractivity contribution < 1.29 is 9.49 Å². The van der Waals surface area contributed by atoms with Gasteiger partial charge in [0.25, 0.3) is 11.5 Å². The van der Waals surface area contributed by atoms with Gasteiger partial charge in [-0.25, -0.2) is 4.57 Å². The van der Waals surface area contributed by atoms with Gasteiger partial charge in [0.1, 0.15) is 5.52 Å². The number of nitro groups is 1. The highest BCUT2D eigenvalue weighted by atomic mass is 16.6. The van der Waals surface area contributed by atoms with Crippen LogP contribution in [0.15, 0.2) is 54.6 Å². The Morgan fingerprint density at radius 3 is 2.81 bits per heavy atom. The molecule has 5 heteroatoms. The number of allylic oxidation sites excluding steroid dienone is 2. The number of anilines is 1. The summed E-state index contributed by atoms with van der Waals surface area (Å²) in [5, 5.41) is 11.8. The second-order valence-corrected chi connectivity index (χ2v) is 5.42. The molecule has 1 aromatic carbocycles. The quantitative estimate of drug-likeness (QED) is 0.458. The molecule has 2 atom stereocenters. The standard InChI is InChI=1S/C16H14N3O2/c1-17-14-4-2-3-5-15(14)18-13-8-7-12(19(20)21)10-11(13)6-9-16(17)18/h2-10,14-15H,1H3/q+1. The van der Waals surface area contributed by atoms with Crippen molar-refractivity contribution in [3.05, 3.63) is 64.8 Å². The summed E-state index contributed by atoms with van der Waals surface area (Å²) in [5.74, 6) is 1.13. The largest absolute Gasteiger partial charge is 0.278 e. The van der Waals surface area contributed by atoms with E-state index < -0.39 is 0 Å². The third-order valence-corrected chi connectivity index (χ3v) is 4.32. The van der Waals surface area contributed by atoms with E-state index in [9.17, 15) is 10.1 Å². The zero-order chi connectivity index (χ0) is 14.6. The van der Waals surface area contributed by atoms with Crippen LogP contribution in [0.1, 0.15) is 6.04 Å². The monoisotopic (exact) mass is 280 g/mol. The van der Waals surface area contributed by atoms with Crippen molar-refractivity contribution in [2.24, 2.45) is 0 Å². The SMILES string of the molecule is CN1c2ccc3cc([N+](=O)[O-])ccc3[n+]2C2C=CC=CC21. The first kappa shape index (κ1) is 12.1. The predicted molar refractivity (Wildman–Crippen MR) is 80.3 cm³/mol. The summed E-state index contributed by atoms with van der Waals surface area (Å²) in [6.07, 6.45) is 8.49. The summed E-state index contributed by atoms with van der Waals surface area (Å²) < 4.78 is 2.25. The molecule has 21 heavy (non-hydrogen) atoms. The number of aromatic nitrogens is 1. The summed E-state index contributed by atoms with van der Waals surface area (Å²) in [7, 11) is 2.08. The molecular weight excluding hydrogens is 266 g/mol. The highest BCUT2D eigenvalue weighted by Gasteiger charge is 2.42. The third-order valence-electron chi connectivity index (χ3n) is 4.32. The van der Waals surface area contributed by atoms with E-state index in [0.29, 0.717) is 6.04 Å². The minimum absolute atomic E-state index is 0.130. The minimum Gasteiger partial charge on any atom is -0.258 e. The van der Waals surface area contributed by atoms with Gasteiger partial charge < -0.3 is 0 Å². The van der Waals surface area contributed by atoms with Gasteiger partial charge in [0.05, 0.1) is 12.0 Å². The average Bonchev–Trinajstić information content (AvgIpc) is 2.80. The molecule has 1 aliphatic carbocycles. The number of fused-ring (bicyclic) bond motifs is 5. The Kier molecular flexibility index (Phi) is 2.39. The number of hydrogen-bond acceptors (Lipinski definition) is 3. The number of benzene rings is 1. The van der Waals surface area contributed by atoms with Crippen molar-refractivity contribution in [2.75, 3.05) is 11.9 Å². The Hall–Kier alpha value is -2.69. The molecule has 1 aromatic heterocycles. The van der Waals surface area contributed by atoms with Crippen molar-refractivity contribution in [1.29, 1.82) is 0 Å². The van der Waals surface area contributed by atoms with Gasteiger partial charge >= 0.3 is 0 Å². The topological polar surface area (TPSA) is 50.3 Å². The highest BCUT2D eigenvalue weighted by Crippen LogP contribution is 2.32. The maximum Gasteiger partial charge on any atom is 0.278 e. The van der Waals surface area contributed by atoms with Crippen molar-refractivity contribution in [2.45, 2.75) is 12.1 Å². The lowest BCUT2D eigenvalue weighted by atomic mass is 10.0. The second-order valence-electron chi connectivity index (χ2n) is 5.42. The molecule has 0 N–H and O–H groups in total. The van der Waals surface area contributed by atoms with Gasteiger partial charge in [-0.15, -0.1) is 0 Å². The number of nitro benzene ring substituents is 1. The van der Waals surface area contributed by atoms with Crippen LogP contribution < -0.4 is 9.47 Å². The number of hydrogen-bond donors (Lipinski definition) is 0. The van der Waals surface area contributed by atoms with Gasteiger partial charge in [0.15, 0.2) is 12.1 Å². The van der Waals surface area contributed by atoms with E-state index in [1.165, 1.54) is 0 Å². The first-order valence-corrected chi connectivity index (χ1v) is 6.87. The lowest BCUT2D eigenvalue weighted by molar-refractivity contribution is -0.663. The van der Waals surface area contributed by atoms with Gasteiger partial charge in [-0.05, 0) is 24.3 Å². The van der Waals surface area contributed by atoms with Crippen LogP contribution >= 0.6 is 0 Å². The van der Waals surface area contributed by atoms with Crippen molar-refractivity contribution in [3.63, 3.8) is 0 Å². The molecule has 2 heterocycles. The van der Waals surface area contributed by atoms with E-state index >= 15 is 0 Å². The molecule has 0 spiro atoms. The van der Waals surface area contributed by atoms with E-state index in [-0.39, 0.29) is 16.7 Å². The molecule has 0 amide bonds. The molecule has 0 saturated heterocycles. The molecular formula is C16H14N3O2+. The molecule has 1 aliphatic heterocycles. The lowest BCUT2D eigenvalue weighted by Gasteiger charge is -2.15. The van der Waals surface area contributed by atoms with Crippen LogP contribution in [0.5, 0.6) is 0 Å². The van der Waals surface area contributed by atoms with Gasteiger partial charge in [0.2, 0.25) is 0 Å². The molecule has 0 bridgehead atoms. The Morgan fingerprint density at radius 2 is 2.00 bits per heavy atom. The van der Waals surface area contributed by atoms with E-state index in [4.69, 9.17) is 0 Å². The van der Waals surface area contributed by atoms with Crippen molar-refractivity contribution in [3.8, 4) is 0 Å². The molecule has 0 saturated carbocycles. The molecule has 0 radical (unpaired) electrons. The van der Waals surface area contributed by atoms with Crippen LogP contribution in [0.2, 0.25) is 0 Å². The molecule has 0 fully saturated rings. The normalized spacial score (nSPS) is 22.4. The highest BCUT2D eigenvalue weighted by molar-refractivity contribution is 5.79. The smallest absolute Gasteiger partial charge is 0.258 e. The maximum absolute atomic E-state index is 10.9. The van der Waals surface area contributed by atoms with E-state index in [0.717, 1.165) is 16.7 Å². The average molecular weight is 280 g/mol. The Labute approximate surface area is 121 Å². The van der Waals surface area contributed by atoms with Crippen molar-refractivity contribution >= 4 is 22.4 Å². The van der Waals surface area contributed by atoms with Crippen LogP contribution in [0.4, 0.5) is 11.5 Å². The van der Waals surface area contributed by atoms with Crippen LogP contribution in [0.3, 0.4) is 0 Å². The van der Waals surface area contributed by atoms with Crippen LogP contribution in [-0.2, 0) is 0 Å². The van der Waals surface area contributed by atoms with Gasteiger partial charge in [-0.3, -0.25) is 15.0 Å². The summed E-state index contributed by atoms with van der Waals surface area (Å²) in [4.78, 5) is 12.8. The predicted octanol–water partition coefficient (Wildman–Crippen LogP) is 2.52. The number of rotatable bonds is 1. The van der Waals surface area contributed by atoms with Gasteiger partial charge in [-0.1, -0.05) is 12.2 Å².